The summed E-state index contributed by atoms with van der Waals surface area (Å²) in [7, 11) is 0. The van der Waals surface area contributed by atoms with Gasteiger partial charge in [-0.3, -0.25) is 9.48 Å². The topological polar surface area (TPSA) is 46.9 Å². The number of fused-ring (bicyclic) bond motifs is 1. The van der Waals surface area contributed by atoms with Crippen molar-refractivity contribution in [1.29, 1.82) is 0 Å². The van der Waals surface area contributed by atoms with Crippen LogP contribution in [0.3, 0.4) is 0 Å². The molecule has 4 rings (SSSR count). The van der Waals surface area contributed by atoms with E-state index in [4.69, 9.17) is 5.10 Å². The molecular formula is C24H29N3O. The molecule has 4 nitrogen and oxygen atoms in total. The molecule has 0 bridgehead atoms. The van der Waals surface area contributed by atoms with E-state index in [1.807, 2.05) is 28.9 Å². The summed E-state index contributed by atoms with van der Waals surface area (Å²) in [5, 5.41) is 9.06. The number of benzene rings is 2. The Labute approximate surface area is 166 Å². The van der Waals surface area contributed by atoms with Crippen LogP contribution in [-0.2, 0) is 12.1 Å². The number of hydrogen-bond donors (Lipinski definition) is 1. The number of carbonyl (C=O) groups is 1. The zero-order chi connectivity index (χ0) is 19.4. The van der Waals surface area contributed by atoms with Gasteiger partial charge in [0, 0.05) is 11.9 Å². The first-order chi connectivity index (χ1) is 13.7. The third-order valence-electron chi connectivity index (χ3n) is 5.98. The molecule has 0 radical (unpaired) electrons. The van der Waals surface area contributed by atoms with Crippen LogP contribution < -0.4 is 5.32 Å². The van der Waals surface area contributed by atoms with Crippen LogP contribution in [0.1, 0.15) is 67.9 Å². The maximum absolute atomic E-state index is 13.3. The highest BCUT2D eigenvalue weighted by Gasteiger charge is 2.37. The normalized spacial score (nSPS) is 15.8. The van der Waals surface area contributed by atoms with E-state index >= 15 is 0 Å². The van der Waals surface area contributed by atoms with Crippen molar-refractivity contribution in [3.05, 3.63) is 65.9 Å². The van der Waals surface area contributed by atoms with Gasteiger partial charge in [0.25, 0.3) is 5.91 Å². The molecule has 1 fully saturated rings. The molecule has 3 aromatic rings. The van der Waals surface area contributed by atoms with E-state index in [2.05, 4.69) is 42.6 Å². The summed E-state index contributed by atoms with van der Waals surface area (Å²) < 4.78 is 2.00. The van der Waals surface area contributed by atoms with Crippen LogP contribution in [0.15, 0.2) is 54.6 Å². The highest BCUT2D eigenvalue weighted by Crippen LogP contribution is 2.39. The van der Waals surface area contributed by atoms with Crippen molar-refractivity contribution in [2.45, 2.75) is 64.0 Å². The smallest absolute Gasteiger partial charge is 0.273 e. The van der Waals surface area contributed by atoms with E-state index in [1.165, 1.54) is 18.4 Å². The van der Waals surface area contributed by atoms with Crippen molar-refractivity contribution >= 4 is 16.8 Å². The molecule has 4 heteroatoms. The Balaban J connectivity index is 1.65. The lowest BCUT2D eigenvalue weighted by Crippen LogP contribution is -2.44. The minimum Gasteiger partial charge on any atom is -0.341 e. The number of amides is 1. The summed E-state index contributed by atoms with van der Waals surface area (Å²) in [6.07, 6.45) is 7.68. The Morgan fingerprint density at radius 2 is 1.75 bits per heavy atom. The van der Waals surface area contributed by atoms with Crippen molar-refractivity contribution in [3.8, 4) is 0 Å². The molecule has 1 aliphatic carbocycles. The second-order valence-electron chi connectivity index (χ2n) is 7.91. The first-order valence-electron chi connectivity index (χ1n) is 10.6. The average Bonchev–Trinajstić information content (AvgIpc) is 3.35. The number of para-hydroxylation sites is 1. The van der Waals surface area contributed by atoms with E-state index in [1.54, 1.807) is 0 Å². The summed E-state index contributed by atoms with van der Waals surface area (Å²) in [4.78, 5) is 13.3. The summed E-state index contributed by atoms with van der Waals surface area (Å²) >= 11 is 0. The molecule has 1 N–H and O–H groups in total. The predicted octanol–water partition coefficient (Wildman–Crippen LogP) is 5.43. The van der Waals surface area contributed by atoms with E-state index in [9.17, 15) is 4.79 Å². The highest BCUT2D eigenvalue weighted by molar-refractivity contribution is 6.05. The summed E-state index contributed by atoms with van der Waals surface area (Å²) in [6, 6.07) is 18.5. The van der Waals surface area contributed by atoms with E-state index in [0.29, 0.717) is 5.69 Å². The second kappa shape index (κ2) is 8.17. The summed E-state index contributed by atoms with van der Waals surface area (Å²) in [6.45, 7) is 3.05. The Morgan fingerprint density at radius 1 is 1.04 bits per heavy atom. The van der Waals surface area contributed by atoms with Crippen molar-refractivity contribution in [1.82, 2.24) is 15.1 Å². The fraction of sp³-hybridized carbons (Fsp3) is 0.417. The molecule has 0 atom stereocenters. The minimum atomic E-state index is -0.272. The number of aryl methyl sites for hydroxylation is 1. The lowest BCUT2D eigenvalue weighted by atomic mass is 9.88. The van der Waals surface area contributed by atoms with E-state index < -0.39 is 0 Å². The fourth-order valence-electron chi connectivity index (χ4n) is 4.48. The summed E-state index contributed by atoms with van der Waals surface area (Å²) in [5.41, 5.74) is 2.52. The third kappa shape index (κ3) is 3.56. The largest absolute Gasteiger partial charge is 0.341 e. The first-order valence-corrected chi connectivity index (χ1v) is 10.6. The molecule has 1 aliphatic rings. The lowest BCUT2D eigenvalue weighted by Gasteiger charge is -2.30. The van der Waals surface area contributed by atoms with Gasteiger partial charge < -0.3 is 5.32 Å². The number of unbranched alkanes of at least 4 members (excludes halogenated alkanes) is 2. The highest BCUT2D eigenvalue weighted by atomic mass is 16.2. The molecule has 2 aromatic carbocycles. The quantitative estimate of drug-likeness (QED) is 0.560. The second-order valence-corrected chi connectivity index (χ2v) is 7.91. The van der Waals surface area contributed by atoms with Gasteiger partial charge in [-0.05, 0) is 30.9 Å². The zero-order valence-electron chi connectivity index (χ0n) is 16.7. The molecule has 0 saturated heterocycles. The van der Waals surface area contributed by atoms with Crippen LogP contribution in [0, 0.1) is 0 Å². The maximum atomic E-state index is 13.3. The van der Waals surface area contributed by atoms with Gasteiger partial charge >= 0.3 is 0 Å². The van der Waals surface area contributed by atoms with Crippen LogP contribution in [0.25, 0.3) is 10.9 Å². The molecule has 28 heavy (non-hydrogen) atoms. The van der Waals surface area contributed by atoms with Crippen LogP contribution in [0.5, 0.6) is 0 Å². The Bertz CT molecular complexity index is 939. The van der Waals surface area contributed by atoms with Gasteiger partial charge in [0.2, 0.25) is 0 Å². The number of hydrogen-bond acceptors (Lipinski definition) is 2. The van der Waals surface area contributed by atoms with Gasteiger partial charge in [-0.1, -0.05) is 81.1 Å². The minimum absolute atomic E-state index is 0.0591. The van der Waals surface area contributed by atoms with Crippen LogP contribution >= 0.6 is 0 Å². The SMILES string of the molecule is CCCCCn1nc(C(=O)NC2(c3ccccc3)CCCC2)c2ccccc21. The number of nitrogens with zero attached hydrogens (tertiary/aromatic N) is 2. The molecule has 146 valence electrons. The van der Waals surface area contributed by atoms with Gasteiger partial charge in [0.15, 0.2) is 5.69 Å². The van der Waals surface area contributed by atoms with Crippen molar-refractivity contribution < 1.29 is 4.79 Å². The molecule has 1 aromatic heterocycles. The van der Waals surface area contributed by atoms with Gasteiger partial charge in [-0.25, -0.2) is 0 Å². The van der Waals surface area contributed by atoms with Gasteiger partial charge in [-0.15, -0.1) is 0 Å². The van der Waals surface area contributed by atoms with Gasteiger partial charge in [-0.2, -0.15) is 5.10 Å². The molecule has 0 unspecified atom stereocenters. The predicted molar refractivity (Wildman–Crippen MR) is 113 cm³/mol. The van der Waals surface area contributed by atoms with Gasteiger partial charge in [0.05, 0.1) is 11.1 Å². The van der Waals surface area contributed by atoms with Crippen LogP contribution in [0.4, 0.5) is 0 Å². The maximum Gasteiger partial charge on any atom is 0.273 e. The molecule has 0 aliphatic heterocycles. The fourth-order valence-corrected chi connectivity index (χ4v) is 4.48. The number of nitrogens with one attached hydrogen (secondary N) is 1. The van der Waals surface area contributed by atoms with Gasteiger partial charge in [0.1, 0.15) is 0 Å². The van der Waals surface area contributed by atoms with E-state index in [-0.39, 0.29) is 11.4 Å². The Kier molecular flexibility index (Phi) is 5.47. The lowest BCUT2D eigenvalue weighted by molar-refractivity contribution is 0.0893. The number of carbonyl (C=O) groups excluding carboxylic acids is 1. The van der Waals surface area contributed by atoms with Crippen molar-refractivity contribution in [2.24, 2.45) is 0 Å². The standard InChI is InChI=1S/C24H29N3O/c1-2-3-11-18-27-21-15-8-7-14-20(21)22(26-27)23(28)25-24(16-9-10-17-24)19-12-5-4-6-13-19/h4-8,12-15H,2-3,9-11,16-18H2,1H3,(H,25,28). The first kappa shape index (κ1) is 18.7. The summed E-state index contributed by atoms with van der Waals surface area (Å²) in [5.74, 6) is -0.0591. The van der Waals surface area contributed by atoms with Crippen molar-refractivity contribution in [2.75, 3.05) is 0 Å². The molecular weight excluding hydrogens is 346 g/mol. The van der Waals surface area contributed by atoms with Crippen molar-refractivity contribution in [3.63, 3.8) is 0 Å². The Hall–Kier alpha value is -2.62. The monoisotopic (exact) mass is 375 g/mol. The Morgan fingerprint density at radius 3 is 2.50 bits per heavy atom. The average molecular weight is 376 g/mol. The number of aromatic nitrogens is 2. The molecule has 0 spiro atoms. The molecule has 1 heterocycles. The molecule has 1 saturated carbocycles. The van der Waals surface area contributed by atoms with E-state index in [0.717, 1.165) is 49.6 Å². The number of rotatable bonds is 7. The van der Waals surface area contributed by atoms with Crippen LogP contribution in [0.2, 0.25) is 0 Å². The van der Waals surface area contributed by atoms with Crippen LogP contribution in [-0.4, -0.2) is 15.7 Å². The molecule has 1 amide bonds. The third-order valence-corrected chi connectivity index (χ3v) is 5.98. The zero-order valence-corrected chi connectivity index (χ0v) is 16.7.